The molecule has 0 aliphatic heterocycles. The molecule has 11 rings (SSSR count). The highest BCUT2D eigenvalue weighted by Crippen LogP contribution is 2.38. The molecule has 1 aromatic heterocycles. The van der Waals surface area contributed by atoms with E-state index in [-0.39, 0.29) is 0 Å². The zero-order chi connectivity index (χ0) is 37.0. The van der Waals surface area contributed by atoms with Crippen molar-refractivity contribution in [2.75, 3.05) is 0 Å². The van der Waals surface area contributed by atoms with Crippen molar-refractivity contribution in [3.05, 3.63) is 200 Å². The van der Waals surface area contributed by atoms with Crippen molar-refractivity contribution in [3.8, 4) is 56.4 Å². The fraction of sp³-hybridized carbons (Fsp3) is 0. The predicted molar refractivity (Wildman–Crippen MR) is 235 cm³/mol. The van der Waals surface area contributed by atoms with E-state index in [1.165, 1.54) is 48.8 Å². The molecule has 0 bridgehead atoms. The first kappa shape index (κ1) is 32.0. The van der Waals surface area contributed by atoms with Crippen molar-refractivity contribution in [2.45, 2.75) is 0 Å². The zero-order valence-electron chi connectivity index (χ0n) is 30.4. The molecule has 0 aliphatic rings. The van der Waals surface area contributed by atoms with Crippen LogP contribution in [0.1, 0.15) is 0 Å². The molecule has 260 valence electrons. The molecule has 0 amide bonds. The van der Waals surface area contributed by atoms with Gasteiger partial charge in [0.1, 0.15) is 0 Å². The van der Waals surface area contributed by atoms with E-state index in [1.54, 1.807) is 0 Å². The topological polar surface area (TPSA) is 38.7 Å². The van der Waals surface area contributed by atoms with E-state index >= 15 is 0 Å². The molecule has 11 aromatic rings. The molecule has 56 heavy (non-hydrogen) atoms. The van der Waals surface area contributed by atoms with Crippen LogP contribution < -0.4 is 0 Å². The van der Waals surface area contributed by atoms with Crippen LogP contribution in [0, 0.1) is 0 Å². The number of fused-ring (bicyclic) bond motifs is 7. The van der Waals surface area contributed by atoms with Gasteiger partial charge in [-0.1, -0.05) is 182 Å². The number of benzene rings is 10. The number of nitrogens with zero attached hydrogens (tertiary/aromatic N) is 3. The third-order valence-electron chi connectivity index (χ3n) is 11.1. The molecule has 1 heterocycles. The number of aromatic nitrogens is 3. The van der Waals surface area contributed by atoms with Crippen molar-refractivity contribution in [3.63, 3.8) is 0 Å². The van der Waals surface area contributed by atoms with E-state index in [4.69, 9.17) is 15.0 Å². The van der Waals surface area contributed by atoms with Gasteiger partial charge < -0.3 is 0 Å². The summed E-state index contributed by atoms with van der Waals surface area (Å²) in [4.78, 5) is 15.9. The maximum Gasteiger partial charge on any atom is 0.164 e. The second kappa shape index (κ2) is 13.1. The third kappa shape index (κ3) is 5.49. The van der Waals surface area contributed by atoms with Gasteiger partial charge >= 0.3 is 0 Å². The summed E-state index contributed by atoms with van der Waals surface area (Å²) >= 11 is 0. The van der Waals surface area contributed by atoms with Crippen LogP contribution in [0.4, 0.5) is 0 Å². The van der Waals surface area contributed by atoms with Gasteiger partial charge in [-0.3, -0.25) is 0 Å². The van der Waals surface area contributed by atoms with Crippen LogP contribution in [0.3, 0.4) is 0 Å². The van der Waals surface area contributed by atoms with Gasteiger partial charge in [0.05, 0.1) is 0 Å². The molecule has 10 aromatic carbocycles. The standard InChI is InChI=1S/C53H33N3/c1-2-11-34(12-3-1)39-25-26-42-32-40(27-28-41(42)31-39)38-16-8-17-43(33-38)51-54-52(48-21-10-20-46-44-18-6-4-13-35(44)29-30-47(46)48)56-53(55-51)49-22-9-15-37-24-23-36-14-5-7-19-45(36)50(37)49/h1-33H. The van der Waals surface area contributed by atoms with Gasteiger partial charge in [-0.15, -0.1) is 0 Å². The Kier molecular flexibility index (Phi) is 7.49. The van der Waals surface area contributed by atoms with Gasteiger partial charge in [0, 0.05) is 22.1 Å². The van der Waals surface area contributed by atoms with Gasteiger partial charge in [0.2, 0.25) is 0 Å². The molecule has 0 radical (unpaired) electrons. The van der Waals surface area contributed by atoms with Gasteiger partial charge in [-0.25, -0.2) is 15.0 Å². The lowest BCUT2D eigenvalue weighted by Gasteiger charge is -2.14. The molecule has 0 fully saturated rings. The Bertz CT molecular complexity index is 3310. The summed E-state index contributed by atoms with van der Waals surface area (Å²) in [5, 5.41) is 11.8. The molecule has 0 unspecified atom stereocenters. The first-order valence-electron chi connectivity index (χ1n) is 19.0. The lowest BCUT2D eigenvalue weighted by atomic mass is 9.96. The summed E-state index contributed by atoms with van der Waals surface area (Å²) in [5.74, 6) is 1.93. The number of rotatable bonds is 5. The molecule has 3 nitrogen and oxygen atoms in total. The molecule has 0 saturated heterocycles. The third-order valence-corrected chi connectivity index (χ3v) is 11.1. The fourth-order valence-electron chi connectivity index (χ4n) is 8.30. The lowest BCUT2D eigenvalue weighted by Crippen LogP contribution is -2.01. The van der Waals surface area contributed by atoms with E-state index in [2.05, 4.69) is 200 Å². The van der Waals surface area contributed by atoms with E-state index < -0.39 is 0 Å². The van der Waals surface area contributed by atoms with Crippen LogP contribution in [0.25, 0.3) is 110 Å². The van der Waals surface area contributed by atoms with Crippen LogP contribution >= 0.6 is 0 Å². The zero-order valence-corrected chi connectivity index (χ0v) is 30.4. The van der Waals surface area contributed by atoms with Gasteiger partial charge in [0.25, 0.3) is 0 Å². The lowest BCUT2D eigenvalue weighted by molar-refractivity contribution is 1.08. The summed E-state index contributed by atoms with van der Waals surface area (Å²) in [6, 6.07) is 71.2. The minimum absolute atomic E-state index is 0.634. The molecule has 0 spiro atoms. The summed E-state index contributed by atoms with van der Waals surface area (Å²) in [6.07, 6.45) is 0. The highest BCUT2D eigenvalue weighted by molar-refractivity contribution is 6.14. The molecule has 0 N–H and O–H groups in total. The summed E-state index contributed by atoms with van der Waals surface area (Å²) in [5.41, 5.74) is 7.57. The van der Waals surface area contributed by atoms with E-state index in [0.29, 0.717) is 17.5 Å². The molecule has 0 saturated carbocycles. The second-order valence-electron chi connectivity index (χ2n) is 14.4. The van der Waals surface area contributed by atoms with Gasteiger partial charge in [0.15, 0.2) is 17.5 Å². The van der Waals surface area contributed by atoms with Crippen molar-refractivity contribution < 1.29 is 0 Å². The van der Waals surface area contributed by atoms with Crippen molar-refractivity contribution >= 4 is 53.9 Å². The summed E-state index contributed by atoms with van der Waals surface area (Å²) in [7, 11) is 0. The first-order chi connectivity index (χ1) is 27.7. The maximum absolute atomic E-state index is 5.31. The molecule has 3 heteroatoms. The monoisotopic (exact) mass is 711 g/mol. The summed E-state index contributed by atoms with van der Waals surface area (Å²) < 4.78 is 0. The average molecular weight is 712 g/mol. The van der Waals surface area contributed by atoms with Gasteiger partial charge in [-0.05, 0) is 88.9 Å². The Morgan fingerprint density at radius 3 is 1.55 bits per heavy atom. The summed E-state index contributed by atoms with van der Waals surface area (Å²) in [6.45, 7) is 0. The Labute approximate surface area is 324 Å². The fourth-order valence-corrected chi connectivity index (χ4v) is 8.30. The molecular weight excluding hydrogens is 679 g/mol. The van der Waals surface area contributed by atoms with Crippen LogP contribution in [0.2, 0.25) is 0 Å². The number of hydrogen-bond donors (Lipinski definition) is 0. The number of hydrogen-bond acceptors (Lipinski definition) is 3. The van der Waals surface area contributed by atoms with Crippen molar-refractivity contribution in [1.29, 1.82) is 0 Å². The van der Waals surface area contributed by atoms with Crippen LogP contribution in [-0.2, 0) is 0 Å². The molecule has 0 aliphatic carbocycles. The van der Waals surface area contributed by atoms with Crippen LogP contribution in [0.5, 0.6) is 0 Å². The Morgan fingerprint density at radius 1 is 0.232 bits per heavy atom. The normalized spacial score (nSPS) is 11.6. The van der Waals surface area contributed by atoms with E-state index in [9.17, 15) is 0 Å². The quantitative estimate of drug-likeness (QED) is 0.167. The SMILES string of the molecule is c1ccc(-c2ccc3cc(-c4cccc(-c5nc(-c6cccc7c6ccc6ccccc67)nc(-c6cccc7ccc8ccccc8c67)n5)c4)ccc3c2)cc1. The Balaban J connectivity index is 1.09. The first-order valence-corrected chi connectivity index (χ1v) is 19.0. The molecular formula is C53H33N3. The highest BCUT2D eigenvalue weighted by Gasteiger charge is 2.18. The van der Waals surface area contributed by atoms with Crippen molar-refractivity contribution in [2.24, 2.45) is 0 Å². The predicted octanol–water partition coefficient (Wildman–Crippen LogP) is 14.0. The van der Waals surface area contributed by atoms with Crippen molar-refractivity contribution in [1.82, 2.24) is 15.0 Å². The molecule has 0 atom stereocenters. The van der Waals surface area contributed by atoms with E-state index in [1.807, 2.05) is 0 Å². The smallest absolute Gasteiger partial charge is 0.164 e. The second-order valence-corrected chi connectivity index (χ2v) is 14.4. The van der Waals surface area contributed by atoms with E-state index in [0.717, 1.165) is 44.0 Å². The van der Waals surface area contributed by atoms with Gasteiger partial charge in [-0.2, -0.15) is 0 Å². The van der Waals surface area contributed by atoms with Crippen LogP contribution in [-0.4, -0.2) is 15.0 Å². The van der Waals surface area contributed by atoms with Crippen LogP contribution in [0.15, 0.2) is 200 Å². The highest BCUT2D eigenvalue weighted by atomic mass is 15.0. The minimum Gasteiger partial charge on any atom is -0.208 e. The largest absolute Gasteiger partial charge is 0.208 e. The minimum atomic E-state index is 0.634. The Hall–Kier alpha value is -7.49. The average Bonchev–Trinajstić information content (AvgIpc) is 3.28. The maximum atomic E-state index is 5.31. The Morgan fingerprint density at radius 2 is 0.732 bits per heavy atom.